The van der Waals surface area contributed by atoms with Crippen LogP contribution in [-0.2, 0) is 4.74 Å². The number of hydrogen-bond donors (Lipinski definition) is 1. The van der Waals surface area contributed by atoms with Gasteiger partial charge in [0.1, 0.15) is 16.8 Å². The van der Waals surface area contributed by atoms with Crippen molar-refractivity contribution in [3.8, 4) is 0 Å². The van der Waals surface area contributed by atoms with E-state index in [0.717, 1.165) is 18.7 Å². The van der Waals surface area contributed by atoms with Crippen LogP contribution in [0.15, 0.2) is 6.07 Å². The molecule has 7 heteroatoms. The van der Waals surface area contributed by atoms with Gasteiger partial charge in [0.2, 0.25) is 0 Å². The van der Waals surface area contributed by atoms with Crippen LogP contribution in [0, 0.1) is 6.92 Å². The number of nitrogens with one attached hydrogen (secondary N) is 1. The van der Waals surface area contributed by atoms with E-state index >= 15 is 0 Å². The molecule has 0 spiro atoms. The highest BCUT2D eigenvalue weighted by atomic mass is 35.5. The minimum Gasteiger partial charge on any atom is -0.447 e. The molecular formula is C14H21ClN4O2. The Kier molecular flexibility index (Phi) is 5.22. The summed E-state index contributed by atoms with van der Waals surface area (Å²) in [5, 5.41) is 3.78. The summed E-state index contributed by atoms with van der Waals surface area (Å²) < 4.78 is 5.20. The number of likely N-dealkylation sites (tertiary alicyclic amines) is 1. The molecule has 6 nitrogen and oxygen atoms in total. The van der Waals surface area contributed by atoms with Crippen molar-refractivity contribution in [3.63, 3.8) is 0 Å². The van der Waals surface area contributed by atoms with Gasteiger partial charge in [0.25, 0.3) is 0 Å². The SMILES string of the molecule is Cc1nc(Cl)cc(NC2CCN(C(=O)OC(C)C)CC2)n1. The zero-order chi connectivity index (χ0) is 15.4. The van der Waals surface area contributed by atoms with Crippen molar-refractivity contribution in [2.45, 2.75) is 45.8 Å². The highest BCUT2D eigenvalue weighted by Gasteiger charge is 2.24. The first-order valence-electron chi connectivity index (χ1n) is 7.17. The number of rotatable bonds is 3. The van der Waals surface area contributed by atoms with Gasteiger partial charge in [0.05, 0.1) is 6.10 Å². The Labute approximate surface area is 129 Å². The van der Waals surface area contributed by atoms with E-state index < -0.39 is 0 Å². The van der Waals surface area contributed by atoms with Crippen LogP contribution in [0.3, 0.4) is 0 Å². The molecule has 0 unspecified atom stereocenters. The molecule has 1 fully saturated rings. The molecule has 0 saturated carbocycles. The second-order valence-corrected chi connectivity index (χ2v) is 5.85. The maximum atomic E-state index is 11.8. The van der Waals surface area contributed by atoms with E-state index in [1.807, 2.05) is 20.8 Å². The predicted molar refractivity (Wildman–Crippen MR) is 81.6 cm³/mol. The number of carbonyl (C=O) groups excluding carboxylic acids is 1. The number of halogens is 1. The molecular weight excluding hydrogens is 292 g/mol. The molecule has 0 aliphatic carbocycles. The summed E-state index contributed by atoms with van der Waals surface area (Å²) in [6.45, 7) is 6.88. The quantitative estimate of drug-likeness (QED) is 0.869. The molecule has 2 rings (SSSR count). The van der Waals surface area contributed by atoms with Crippen molar-refractivity contribution in [2.24, 2.45) is 0 Å². The summed E-state index contributed by atoms with van der Waals surface area (Å²) in [5.74, 6) is 1.37. The first-order chi connectivity index (χ1) is 9.94. The first-order valence-corrected chi connectivity index (χ1v) is 7.55. The average molecular weight is 313 g/mol. The molecule has 1 amide bonds. The Balaban J connectivity index is 1.85. The third-order valence-corrected chi connectivity index (χ3v) is 3.44. The average Bonchev–Trinajstić information content (AvgIpc) is 2.37. The summed E-state index contributed by atoms with van der Waals surface area (Å²) in [6, 6.07) is 1.99. The van der Waals surface area contributed by atoms with E-state index in [1.165, 1.54) is 0 Å². The van der Waals surface area contributed by atoms with Crippen LogP contribution in [0.5, 0.6) is 0 Å². The largest absolute Gasteiger partial charge is 0.447 e. The first kappa shape index (κ1) is 15.8. The molecule has 21 heavy (non-hydrogen) atoms. The van der Waals surface area contributed by atoms with Crippen molar-refractivity contribution in [2.75, 3.05) is 18.4 Å². The fourth-order valence-electron chi connectivity index (χ4n) is 2.30. The fourth-order valence-corrected chi connectivity index (χ4v) is 2.52. The molecule has 1 aromatic heterocycles. The third-order valence-electron chi connectivity index (χ3n) is 3.25. The number of aromatic nitrogens is 2. The highest BCUT2D eigenvalue weighted by molar-refractivity contribution is 6.29. The Morgan fingerprint density at radius 1 is 1.43 bits per heavy atom. The van der Waals surface area contributed by atoms with Crippen molar-refractivity contribution in [1.82, 2.24) is 14.9 Å². The standard InChI is InChI=1S/C14H21ClN4O2/c1-9(2)21-14(20)19-6-4-11(5-7-19)18-13-8-12(15)16-10(3)17-13/h8-9,11H,4-7H2,1-3H3,(H,16,17,18). The molecule has 1 aromatic rings. The predicted octanol–water partition coefficient (Wildman–Crippen LogP) is 2.86. The summed E-state index contributed by atoms with van der Waals surface area (Å²) in [4.78, 5) is 21.9. The third kappa shape index (κ3) is 4.74. The van der Waals surface area contributed by atoms with Crippen LogP contribution in [0.1, 0.15) is 32.5 Å². The van der Waals surface area contributed by atoms with Crippen molar-refractivity contribution in [1.29, 1.82) is 0 Å². The number of nitrogens with zero attached hydrogens (tertiary/aromatic N) is 3. The van der Waals surface area contributed by atoms with Crippen molar-refractivity contribution < 1.29 is 9.53 Å². The normalized spacial score (nSPS) is 16.1. The molecule has 1 saturated heterocycles. The lowest BCUT2D eigenvalue weighted by atomic mass is 10.1. The van der Waals surface area contributed by atoms with Crippen LogP contribution in [0.4, 0.5) is 10.6 Å². The highest BCUT2D eigenvalue weighted by Crippen LogP contribution is 2.18. The lowest BCUT2D eigenvalue weighted by molar-refractivity contribution is 0.0701. The van der Waals surface area contributed by atoms with Gasteiger partial charge < -0.3 is 15.0 Å². The molecule has 1 aliphatic rings. The van der Waals surface area contributed by atoms with Gasteiger partial charge in [-0.15, -0.1) is 0 Å². The number of hydrogen-bond acceptors (Lipinski definition) is 5. The van der Waals surface area contributed by atoms with Gasteiger partial charge in [0.15, 0.2) is 0 Å². The van der Waals surface area contributed by atoms with Crippen LogP contribution in [0.2, 0.25) is 5.15 Å². The minimum absolute atomic E-state index is 0.0838. The van der Waals surface area contributed by atoms with Gasteiger partial charge in [0, 0.05) is 25.2 Å². The number of piperidine rings is 1. The van der Waals surface area contributed by atoms with Crippen molar-refractivity contribution >= 4 is 23.5 Å². The van der Waals surface area contributed by atoms with E-state index in [2.05, 4.69) is 15.3 Å². The minimum atomic E-state index is -0.232. The van der Waals surface area contributed by atoms with E-state index in [-0.39, 0.29) is 18.2 Å². The van der Waals surface area contributed by atoms with Gasteiger partial charge in [-0.25, -0.2) is 14.8 Å². The Morgan fingerprint density at radius 2 is 2.10 bits per heavy atom. The molecule has 116 valence electrons. The lowest BCUT2D eigenvalue weighted by Gasteiger charge is -2.32. The summed E-state index contributed by atoms with van der Waals surface area (Å²) in [6.07, 6.45) is 1.39. The molecule has 0 aromatic carbocycles. The number of amides is 1. The summed E-state index contributed by atoms with van der Waals surface area (Å²) in [7, 11) is 0. The van der Waals surface area contributed by atoms with Crippen LogP contribution >= 0.6 is 11.6 Å². The Bertz CT molecular complexity index is 481. The molecule has 0 bridgehead atoms. The van der Waals surface area contributed by atoms with Crippen LogP contribution in [0.25, 0.3) is 0 Å². The van der Waals surface area contributed by atoms with Gasteiger partial charge in [-0.2, -0.15) is 0 Å². The zero-order valence-electron chi connectivity index (χ0n) is 12.6. The lowest BCUT2D eigenvalue weighted by Crippen LogP contribution is -2.43. The van der Waals surface area contributed by atoms with E-state index in [4.69, 9.17) is 16.3 Å². The van der Waals surface area contributed by atoms with Gasteiger partial charge in [-0.05, 0) is 33.6 Å². The zero-order valence-corrected chi connectivity index (χ0v) is 13.4. The fraction of sp³-hybridized carbons (Fsp3) is 0.643. The summed E-state index contributed by atoms with van der Waals surface area (Å²) in [5.41, 5.74) is 0. The van der Waals surface area contributed by atoms with Gasteiger partial charge in [-0.3, -0.25) is 0 Å². The molecule has 1 N–H and O–H groups in total. The maximum Gasteiger partial charge on any atom is 0.410 e. The number of ether oxygens (including phenoxy) is 1. The topological polar surface area (TPSA) is 67.4 Å². The Hall–Kier alpha value is -1.56. The molecule has 2 heterocycles. The maximum absolute atomic E-state index is 11.8. The van der Waals surface area contributed by atoms with E-state index in [9.17, 15) is 4.79 Å². The van der Waals surface area contributed by atoms with E-state index in [1.54, 1.807) is 11.0 Å². The van der Waals surface area contributed by atoms with Gasteiger partial charge >= 0.3 is 6.09 Å². The van der Waals surface area contributed by atoms with Crippen molar-refractivity contribution in [3.05, 3.63) is 17.0 Å². The smallest absolute Gasteiger partial charge is 0.410 e. The number of anilines is 1. The second-order valence-electron chi connectivity index (χ2n) is 5.46. The molecule has 1 aliphatic heterocycles. The monoisotopic (exact) mass is 312 g/mol. The second kappa shape index (κ2) is 6.93. The number of carbonyl (C=O) groups is 1. The van der Waals surface area contributed by atoms with Crippen LogP contribution < -0.4 is 5.32 Å². The van der Waals surface area contributed by atoms with E-state index in [0.29, 0.717) is 24.1 Å². The number of aryl methyl sites for hydroxylation is 1. The van der Waals surface area contributed by atoms with Gasteiger partial charge in [-0.1, -0.05) is 11.6 Å². The molecule has 0 radical (unpaired) electrons. The van der Waals surface area contributed by atoms with Crippen LogP contribution in [-0.4, -0.2) is 46.2 Å². The Morgan fingerprint density at radius 3 is 2.67 bits per heavy atom. The molecule has 0 atom stereocenters. The summed E-state index contributed by atoms with van der Waals surface area (Å²) >= 11 is 5.92.